The first-order valence-electron chi connectivity index (χ1n) is 13.1. The van der Waals surface area contributed by atoms with Crippen LogP contribution >= 0.6 is 0 Å². The van der Waals surface area contributed by atoms with Gasteiger partial charge in [-0.25, -0.2) is 13.4 Å². The lowest BCUT2D eigenvalue weighted by molar-refractivity contribution is 0.0950. The highest BCUT2D eigenvalue weighted by Crippen LogP contribution is 2.19. The number of imidazole rings is 1. The van der Waals surface area contributed by atoms with E-state index in [-0.39, 0.29) is 5.91 Å². The van der Waals surface area contributed by atoms with Gasteiger partial charge in [0, 0.05) is 63.8 Å². The smallest absolute Gasteiger partial charge is 0.251 e. The summed E-state index contributed by atoms with van der Waals surface area (Å²) in [4.78, 5) is 19.5. The summed E-state index contributed by atoms with van der Waals surface area (Å²) in [6.45, 7) is 5.98. The van der Waals surface area contributed by atoms with E-state index < -0.39 is 10.0 Å². The maximum atomic E-state index is 13.0. The molecule has 5 rings (SSSR count). The van der Waals surface area contributed by atoms with E-state index in [9.17, 15) is 13.2 Å². The van der Waals surface area contributed by atoms with Crippen LogP contribution in [0.25, 0.3) is 0 Å². The minimum Gasteiger partial charge on any atom is -0.348 e. The lowest BCUT2D eigenvalue weighted by atomic mass is 10.1. The molecule has 39 heavy (non-hydrogen) atoms. The second kappa shape index (κ2) is 11.9. The number of rotatable bonds is 9. The average Bonchev–Trinajstić information content (AvgIpc) is 3.46. The lowest BCUT2D eigenvalue weighted by Crippen LogP contribution is -2.48. The predicted molar refractivity (Wildman–Crippen MR) is 151 cm³/mol. The van der Waals surface area contributed by atoms with E-state index in [0.29, 0.717) is 49.7 Å². The van der Waals surface area contributed by atoms with Gasteiger partial charge >= 0.3 is 0 Å². The van der Waals surface area contributed by atoms with Crippen LogP contribution in [0.5, 0.6) is 0 Å². The number of benzene rings is 3. The van der Waals surface area contributed by atoms with Crippen molar-refractivity contribution in [3.05, 3.63) is 119 Å². The number of aromatic nitrogens is 2. The molecule has 8 nitrogen and oxygen atoms in total. The van der Waals surface area contributed by atoms with Crippen molar-refractivity contribution in [3.8, 4) is 0 Å². The Bertz CT molecular complexity index is 1490. The van der Waals surface area contributed by atoms with E-state index in [4.69, 9.17) is 0 Å². The number of piperazine rings is 1. The van der Waals surface area contributed by atoms with Crippen LogP contribution in [0.2, 0.25) is 0 Å². The van der Waals surface area contributed by atoms with Crippen molar-refractivity contribution < 1.29 is 13.2 Å². The standard InChI is InChI=1S/C30H33N5O3S/c1-24-5-11-29(12-6-24)39(37,38)35-17-15-33(16-18-35)22-27-3-2-4-28(19-27)30(36)32-20-25-7-9-26(10-8-25)21-34-14-13-31-23-34/h2-14,19,23H,15-18,20-22H2,1H3,(H,32,36). The summed E-state index contributed by atoms with van der Waals surface area (Å²) < 4.78 is 29.5. The number of nitrogens with one attached hydrogen (secondary N) is 1. The van der Waals surface area contributed by atoms with Gasteiger partial charge in [-0.05, 0) is 47.9 Å². The van der Waals surface area contributed by atoms with Gasteiger partial charge < -0.3 is 9.88 Å². The summed E-state index contributed by atoms with van der Waals surface area (Å²) in [6.07, 6.45) is 5.48. The summed E-state index contributed by atoms with van der Waals surface area (Å²) in [6, 6.07) is 22.8. The highest BCUT2D eigenvalue weighted by Gasteiger charge is 2.28. The van der Waals surface area contributed by atoms with Gasteiger partial charge in [0.2, 0.25) is 10.0 Å². The highest BCUT2D eigenvalue weighted by molar-refractivity contribution is 7.89. The zero-order valence-electron chi connectivity index (χ0n) is 22.0. The molecule has 1 aliphatic rings. The van der Waals surface area contributed by atoms with Gasteiger partial charge in [0.05, 0.1) is 11.2 Å². The second-order valence-electron chi connectivity index (χ2n) is 9.93. The molecule has 0 bridgehead atoms. The summed E-state index contributed by atoms with van der Waals surface area (Å²) in [5.74, 6) is -0.117. The Labute approximate surface area is 230 Å². The summed E-state index contributed by atoms with van der Waals surface area (Å²) in [5, 5.41) is 3.01. The molecule has 4 aromatic rings. The van der Waals surface area contributed by atoms with Gasteiger partial charge in [-0.1, -0.05) is 54.1 Å². The molecule has 1 N–H and O–H groups in total. The molecule has 202 valence electrons. The molecule has 1 aliphatic heterocycles. The number of nitrogens with zero attached hydrogens (tertiary/aromatic N) is 4. The van der Waals surface area contributed by atoms with Crippen LogP contribution in [0, 0.1) is 6.92 Å². The first-order valence-corrected chi connectivity index (χ1v) is 14.5. The van der Waals surface area contributed by atoms with Crippen molar-refractivity contribution in [2.45, 2.75) is 31.5 Å². The van der Waals surface area contributed by atoms with Gasteiger partial charge in [-0.3, -0.25) is 9.69 Å². The zero-order chi connectivity index (χ0) is 27.2. The molecule has 0 aliphatic carbocycles. The largest absolute Gasteiger partial charge is 0.348 e. The van der Waals surface area contributed by atoms with Crippen molar-refractivity contribution in [2.75, 3.05) is 26.2 Å². The van der Waals surface area contributed by atoms with Crippen LogP contribution in [0.15, 0.2) is 96.4 Å². The molecule has 0 atom stereocenters. The van der Waals surface area contributed by atoms with E-state index >= 15 is 0 Å². The fourth-order valence-electron chi connectivity index (χ4n) is 4.69. The zero-order valence-corrected chi connectivity index (χ0v) is 22.8. The maximum Gasteiger partial charge on any atom is 0.251 e. The van der Waals surface area contributed by atoms with Crippen LogP contribution in [0.4, 0.5) is 0 Å². The van der Waals surface area contributed by atoms with Crippen molar-refractivity contribution in [3.63, 3.8) is 0 Å². The predicted octanol–water partition coefficient (Wildman–Crippen LogP) is 3.68. The number of amides is 1. The van der Waals surface area contributed by atoms with Gasteiger partial charge in [0.15, 0.2) is 0 Å². The molecule has 0 unspecified atom stereocenters. The van der Waals surface area contributed by atoms with Crippen LogP contribution in [-0.4, -0.2) is 59.3 Å². The van der Waals surface area contributed by atoms with Gasteiger partial charge in [0.25, 0.3) is 5.91 Å². The molecule has 9 heteroatoms. The van der Waals surface area contributed by atoms with E-state index in [2.05, 4.69) is 27.3 Å². The topological polar surface area (TPSA) is 87.5 Å². The molecule has 0 radical (unpaired) electrons. The Morgan fingerprint density at radius 1 is 0.872 bits per heavy atom. The Morgan fingerprint density at radius 2 is 1.59 bits per heavy atom. The quantitative estimate of drug-likeness (QED) is 0.348. The highest BCUT2D eigenvalue weighted by atomic mass is 32.2. The van der Waals surface area contributed by atoms with Crippen molar-refractivity contribution in [2.24, 2.45) is 0 Å². The molecule has 0 spiro atoms. The monoisotopic (exact) mass is 543 g/mol. The average molecular weight is 544 g/mol. The molecular formula is C30H33N5O3S. The third-order valence-corrected chi connectivity index (χ3v) is 8.90. The maximum absolute atomic E-state index is 13.0. The Balaban J connectivity index is 1.11. The Hall–Kier alpha value is -3.79. The molecule has 3 aromatic carbocycles. The van der Waals surface area contributed by atoms with Gasteiger partial charge in [-0.2, -0.15) is 4.31 Å². The van der Waals surface area contributed by atoms with Crippen molar-refractivity contribution in [1.29, 1.82) is 0 Å². The number of carbonyl (C=O) groups excluding carboxylic acids is 1. The first-order chi connectivity index (χ1) is 18.9. The minimum atomic E-state index is -3.49. The van der Waals surface area contributed by atoms with Crippen molar-refractivity contribution in [1.82, 2.24) is 24.1 Å². The second-order valence-corrected chi connectivity index (χ2v) is 11.9. The van der Waals surface area contributed by atoms with Crippen LogP contribution in [0.1, 0.15) is 32.6 Å². The lowest BCUT2D eigenvalue weighted by Gasteiger charge is -2.34. The van der Waals surface area contributed by atoms with E-state index in [1.807, 2.05) is 66.2 Å². The van der Waals surface area contributed by atoms with E-state index in [1.165, 1.54) is 5.56 Å². The molecule has 1 aromatic heterocycles. The number of carbonyl (C=O) groups is 1. The normalized spacial score (nSPS) is 14.8. The third-order valence-electron chi connectivity index (χ3n) is 6.99. The number of hydrogen-bond acceptors (Lipinski definition) is 5. The molecular weight excluding hydrogens is 510 g/mol. The fraction of sp³-hybridized carbons (Fsp3) is 0.267. The molecule has 0 saturated carbocycles. The summed E-state index contributed by atoms with van der Waals surface area (Å²) >= 11 is 0. The number of aryl methyl sites for hydroxylation is 1. The molecule has 1 amide bonds. The van der Waals surface area contributed by atoms with Crippen LogP contribution in [0.3, 0.4) is 0 Å². The number of sulfonamides is 1. The minimum absolute atomic E-state index is 0.117. The molecule has 1 saturated heterocycles. The third kappa shape index (κ3) is 6.81. The van der Waals surface area contributed by atoms with Crippen LogP contribution in [-0.2, 0) is 29.7 Å². The van der Waals surface area contributed by atoms with Crippen LogP contribution < -0.4 is 5.32 Å². The van der Waals surface area contributed by atoms with Gasteiger partial charge in [-0.15, -0.1) is 0 Å². The van der Waals surface area contributed by atoms with Gasteiger partial charge in [0.1, 0.15) is 0 Å². The Morgan fingerprint density at radius 3 is 2.28 bits per heavy atom. The van der Waals surface area contributed by atoms with E-state index in [1.54, 1.807) is 29.0 Å². The first kappa shape index (κ1) is 26.8. The SMILES string of the molecule is Cc1ccc(S(=O)(=O)N2CCN(Cc3cccc(C(=O)NCc4ccc(Cn5ccnc5)cc4)c3)CC2)cc1. The van der Waals surface area contributed by atoms with E-state index in [0.717, 1.165) is 23.2 Å². The number of hydrogen-bond donors (Lipinski definition) is 1. The van der Waals surface area contributed by atoms with Crippen molar-refractivity contribution >= 4 is 15.9 Å². The fourth-order valence-corrected chi connectivity index (χ4v) is 6.12. The molecule has 2 heterocycles. The summed E-state index contributed by atoms with van der Waals surface area (Å²) in [5.41, 5.74) is 4.88. The Kier molecular flexibility index (Phi) is 8.21. The molecule has 1 fully saturated rings. The summed E-state index contributed by atoms with van der Waals surface area (Å²) in [7, 11) is -3.49.